The van der Waals surface area contributed by atoms with Gasteiger partial charge in [0.25, 0.3) is 0 Å². The van der Waals surface area contributed by atoms with Gasteiger partial charge in [0.15, 0.2) is 0 Å². The maximum Gasteiger partial charge on any atom is 0.240 e. The maximum atomic E-state index is 12.9. The van der Waals surface area contributed by atoms with E-state index in [0.717, 1.165) is 47.8 Å². The molecule has 1 N–H and O–H groups in total. The summed E-state index contributed by atoms with van der Waals surface area (Å²) in [4.78, 5) is 0.346. The fourth-order valence-electron chi connectivity index (χ4n) is 4.05. The predicted octanol–water partition coefficient (Wildman–Crippen LogP) is 4.70. The van der Waals surface area contributed by atoms with Crippen molar-refractivity contribution in [2.45, 2.75) is 43.5 Å². The second-order valence-corrected chi connectivity index (χ2v) is 9.47. The molecule has 1 aliphatic rings. The molecule has 1 heterocycles. The summed E-state index contributed by atoms with van der Waals surface area (Å²) in [6.07, 6.45) is 4.02. The van der Waals surface area contributed by atoms with Gasteiger partial charge in [-0.3, -0.25) is 0 Å². The molecule has 1 aromatic heterocycles. The number of aryl methyl sites for hydroxylation is 1. The molecule has 0 spiro atoms. The SMILES string of the molecule is CC1CCC(NS(=O)(=O)c2ccc3c(c2)cc(-c2ccccc2)n3C)CC1. The average molecular weight is 383 g/mol. The van der Waals surface area contributed by atoms with Gasteiger partial charge in [0.2, 0.25) is 10.0 Å². The van der Waals surface area contributed by atoms with Gasteiger partial charge in [-0.1, -0.05) is 37.3 Å². The van der Waals surface area contributed by atoms with Crippen LogP contribution in [-0.2, 0) is 17.1 Å². The van der Waals surface area contributed by atoms with Crippen molar-refractivity contribution in [2.75, 3.05) is 0 Å². The van der Waals surface area contributed by atoms with Crippen LogP contribution in [0.3, 0.4) is 0 Å². The molecule has 0 aliphatic heterocycles. The summed E-state index contributed by atoms with van der Waals surface area (Å²) in [6.45, 7) is 2.23. The van der Waals surface area contributed by atoms with Gasteiger partial charge in [0.1, 0.15) is 0 Å². The number of sulfonamides is 1. The van der Waals surface area contributed by atoms with Crippen LogP contribution >= 0.6 is 0 Å². The van der Waals surface area contributed by atoms with Crippen LogP contribution in [0.1, 0.15) is 32.6 Å². The molecule has 4 nitrogen and oxygen atoms in total. The second kappa shape index (κ2) is 7.13. The van der Waals surface area contributed by atoms with E-state index in [9.17, 15) is 8.42 Å². The molecule has 0 bridgehead atoms. The Morgan fingerprint density at radius 1 is 0.963 bits per heavy atom. The molecular formula is C22H26N2O2S. The number of nitrogens with zero attached hydrogens (tertiary/aromatic N) is 1. The minimum absolute atomic E-state index is 0.0533. The molecule has 142 valence electrons. The molecule has 0 unspecified atom stereocenters. The van der Waals surface area contributed by atoms with Gasteiger partial charge in [-0.2, -0.15) is 0 Å². The molecule has 3 aromatic rings. The van der Waals surface area contributed by atoms with Gasteiger partial charge in [-0.15, -0.1) is 0 Å². The third-order valence-corrected chi connectivity index (χ3v) is 7.25. The lowest BCUT2D eigenvalue weighted by molar-refractivity contribution is 0.332. The van der Waals surface area contributed by atoms with E-state index in [2.05, 4.69) is 34.4 Å². The zero-order valence-electron chi connectivity index (χ0n) is 15.9. The highest BCUT2D eigenvalue weighted by molar-refractivity contribution is 7.89. The summed E-state index contributed by atoms with van der Waals surface area (Å²) in [7, 11) is -1.48. The summed E-state index contributed by atoms with van der Waals surface area (Å²) >= 11 is 0. The van der Waals surface area contributed by atoms with Gasteiger partial charge < -0.3 is 4.57 Å². The Hall–Kier alpha value is -2.11. The molecule has 27 heavy (non-hydrogen) atoms. The molecule has 4 rings (SSSR count). The van der Waals surface area contributed by atoms with E-state index in [1.807, 2.05) is 31.3 Å². The van der Waals surface area contributed by atoms with Crippen molar-refractivity contribution < 1.29 is 8.42 Å². The summed E-state index contributed by atoms with van der Waals surface area (Å²) < 4.78 is 30.8. The largest absolute Gasteiger partial charge is 0.344 e. The van der Waals surface area contributed by atoms with Crippen LogP contribution in [0.2, 0.25) is 0 Å². The molecule has 1 fully saturated rings. The Labute approximate surface area is 161 Å². The van der Waals surface area contributed by atoms with E-state index < -0.39 is 10.0 Å². The van der Waals surface area contributed by atoms with Crippen molar-refractivity contribution in [3.8, 4) is 11.3 Å². The van der Waals surface area contributed by atoms with Gasteiger partial charge in [0, 0.05) is 29.7 Å². The molecule has 0 saturated heterocycles. The number of fused-ring (bicyclic) bond motifs is 1. The Morgan fingerprint density at radius 2 is 1.67 bits per heavy atom. The lowest BCUT2D eigenvalue weighted by atomic mass is 9.88. The van der Waals surface area contributed by atoms with E-state index in [4.69, 9.17) is 0 Å². The van der Waals surface area contributed by atoms with Gasteiger partial charge >= 0.3 is 0 Å². The lowest BCUT2D eigenvalue weighted by Gasteiger charge is -2.26. The van der Waals surface area contributed by atoms with Crippen molar-refractivity contribution >= 4 is 20.9 Å². The van der Waals surface area contributed by atoms with Gasteiger partial charge in [-0.05, 0) is 61.4 Å². The third kappa shape index (κ3) is 3.66. The fourth-order valence-corrected chi connectivity index (χ4v) is 5.39. The van der Waals surface area contributed by atoms with E-state index >= 15 is 0 Å². The van der Waals surface area contributed by atoms with Crippen molar-refractivity contribution in [1.82, 2.24) is 9.29 Å². The highest BCUT2D eigenvalue weighted by atomic mass is 32.2. The third-order valence-electron chi connectivity index (χ3n) is 5.73. The van der Waals surface area contributed by atoms with Gasteiger partial charge in [0.05, 0.1) is 4.90 Å². The smallest absolute Gasteiger partial charge is 0.240 e. The molecule has 0 amide bonds. The zero-order valence-corrected chi connectivity index (χ0v) is 16.7. The second-order valence-electron chi connectivity index (χ2n) is 7.75. The molecule has 0 atom stereocenters. The number of benzene rings is 2. The van der Waals surface area contributed by atoms with Crippen molar-refractivity contribution in [1.29, 1.82) is 0 Å². The minimum atomic E-state index is -3.50. The number of aromatic nitrogens is 1. The van der Waals surface area contributed by atoms with Crippen LogP contribution in [0, 0.1) is 5.92 Å². The first-order chi connectivity index (χ1) is 12.9. The van der Waals surface area contributed by atoms with Crippen LogP contribution in [0.5, 0.6) is 0 Å². The predicted molar refractivity (Wildman–Crippen MR) is 110 cm³/mol. The summed E-state index contributed by atoms with van der Waals surface area (Å²) in [5, 5.41) is 0.941. The van der Waals surface area contributed by atoms with Crippen LogP contribution in [0.15, 0.2) is 59.5 Å². The number of nitrogens with one attached hydrogen (secondary N) is 1. The summed E-state index contributed by atoms with van der Waals surface area (Å²) in [5.41, 5.74) is 3.23. The van der Waals surface area contributed by atoms with Gasteiger partial charge in [-0.25, -0.2) is 13.1 Å². The molecule has 5 heteroatoms. The normalized spacial score (nSPS) is 20.8. The lowest BCUT2D eigenvalue weighted by Crippen LogP contribution is -2.37. The van der Waals surface area contributed by atoms with Crippen molar-refractivity contribution in [3.05, 3.63) is 54.6 Å². The summed E-state index contributed by atoms with van der Waals surface area (Å²) in [5.74, 6) is 0.697. The highest BCUT2D eigenvalue weighted by Crippen LogP contribution is 2.29. The Bertz CT molecular complexity index is 1050. The first-order valence-corrected chi connectivity index (χ1v) is 11.1. The molecule has 1 aliphatic carbocycles. The molecule has 0 radical (unpaired) electrons. The first-order valence-electron chi connectivity index (χ1n) is 9.61. The number of hydrogen-bond acceptors (Lipinski definition) is 2. The number of rotatable bonds is 4. The molecule has 2 aromatic carbocycles. The Morgan fingerprint density at radius 3 is 2.37 bits per heavy atom. The number of hydrogen-bond donors (Lipinski definition) is 1. The topological polar surface area (TPSA) is 51.1 Å². The van der Waals surface area contributed by atoms with Crippen LogP contribution in [-0.4, -0.2) is 19.0 Å². The van der Waals surface area contributed by atoms with E-state index in [1.165, 1.54) is 0 Å². The summed E-state index contributed by atoms with van der Waals surface area (Å²) in [6, 6.07) is 17.7. The van der Waals surface area contributed by atoms with Crippen LogP contribution < -0.4 is 4.72 Å². The molecular weight excluding hydrogens is 356 g/mol. The van der Waals surface area contributed by atoms with Crippen molar-refractivity contribution in [2.24, 2.45) is 13.0 Å². The monoisotopic (exact) mass is 382 g/mol. The Kier molecular flexibility index (Phi) is 4.82. The first kappa shape index (κ1) is 18.3. The molecule has 1 saturated carbocycles. The zero-order chi connectivity index (χ0) is 19.0. The van der Waals surface area contributed by atoms with Crippen LogP contribution in [0.25, 0.3) is 22.2 Å². The fraction of sp³-hybridized carbons (Fsp3) is 0.364. The minimum Gasteiger partial charge on any atom is -0.344 e. The van der Waals surface area contributed by atoms with E-state index in [1.54, 1.807) is 12.1 Å². The maximum absolute atomic E-state index is 12.9. The highest BCUT2D eigenvalue weighted by Gasteiger charge is 2.24. The van der Waals surface area contributed by atoms with Crippen molar-refractivity contribution in [3.63, 3.8) is 0 Å². The standard InChI is InChI=1S/C22H26N2O2S/c1-16-8-10-19(11-9-16)23-27(25,26)20-12-13-21-18(14-20)15-22(24(21)2)17-6-4-3-5-7-17/h3-7,12-16,19,23H,8-11H2,1-2H3. The Balaban J connectivity index is 1.65. The van der Waals surface area contributed by atoms with Crippen LogP contribution in [0.4, 0.5) is 0 Å². The quantitative estimate of drug-likeness (QED) is 0.711. The van der Waals surface area contributed by atoms with E-state index in [0.29, 0.717) is 10.8 Å². The van der Waals surface area contributed by atoms with E-state index in [-0.39, 0.29) is 6.04 Å². The average Bonchev–Trinajstić information content (AvgIpc) is 3.00.